The van der Waals surface area contributed by atoms with Gasteiger partial charge in [-0.2, -0.15) is 0 Å². The van der Waals surface area contributed by atoms with Crippen LogP contribution in [-0.4, -0.2) is 45.2 Å². The highest BCUT2D eigenvalue weighted by molar-refractivity contribution is 5.95. The normalized spacial score (nSPS) is 14.2. The van der Waals surface area contributed by atoms with E-state index in [9.17, 15) is 4.79 Å². The van der Waals surface area contributed by atoms with Crippen LogP contribution in [0.25, 0.3) is 0 Å². The second-order valence-corrected chi connectivity index (χ2v) is 8.02. The summed E-state index contributed by atoms with van der Waals surface area (Å²) in [7, 11) is 0. The second kappa shape index (κ2) is 9.22. The Morgan fingerprint density at radius 1 is 1.03 bits per heavy atom. The summed E-state index contributed by atoms with van der Waals surface area (Å²) in [6, 6.07) is 16.5. The Morgan fingerprint density at radius 3 is 2.67 bits per heavy atom. The molecule has 1 N–H and O–H groups in total. The van der Waals surface area contributed by atoms with Crippen molar-refractivity contribution in [3.63, 3.8) is 0 Å². The molecule has 0 aliphatic carbocycles. The number of amides is 1. The number of nitrogens with one attached hydrogen (secondary N) is 1. The number of aromatic nitrogens is 3. The van der Waals surface area contributed by atoms with Crippen molar-refractivity contribution < 1.29 is 4.79 Å². The van der Waals surface area contributed by atoms with E-state index in [1.807, 2.05) is 32.0 Å². The van der Waals surface area contributed by atoms with Gasteiger partial charge in [0.2, 0.25) is 0 Å². The van der Waals surface area contributed by atoms with E-state index in [4.69, 9.17) is 0 Å². The van der Waals surface area contributed by atoms with Gasteiger partial charge in [-0.3, -0.25) is 9.69 Å². The molecule has 1 aromatic heterocycles. The minimum absolute atomic E-state index is 0.0304. The highest BCUT2D eigenvalue weighted by Crippen LogP contribution is 2.13. The molecule has 6 nitrogen and oxygen atoms in total. The van der Waals surface area contributed by atoms with Crippen molar-refractivity contribution in [2.75, 3.05) is 19.6 Å². The average Bonchev–Trinajstić information content (AvgIpc) is 3.01. The van der Waals surface area contributed by atoms with Crippen molar-refractivity contribution in [2.45, 2.75) is 39.8 Å². The fraction of sp³-hybridized carbons (Fsp3) is 0.375. The van der Waals surface area contributed by atoms with Gasteiger partial charge in [-0.1, -0.05) is 48.0 Å². The molecule has 0 saturated heterocycles. The average molecular weight is 404 g/mol. The Kier molecular flexibility index (Phi) is 6.23. The molecule has 1 aliphatic rings. The van der Waals surface area contributed by atoms with Crippen molar-refractivity contribution >= 4 is 5.91 Å². The van der Waals surface area contributed by atoms with Crippen LogP contribution in [0.4, 0.5) is 0 Å². The second-order valence-electron chi connectivity index (χ2n) is 8.02. The maximum Gasteiger partial charge on any atom is 0.251 e. The van der Waals surface area contributed by atoms with E-state index in [1.54, 1.807) is 0 Å². The third kappa shape index (κ3) is 4.76. The molecular formula is C24H29N5O. The Morgan fingerprint density at radius 2 is 1.87 bits per heavy atom. The molecule has 1 aliphatic heterocycles. The van der Waals surface area contributed by atoms with Crippen LogP contribution in [0.15, 0.2) is 48.5 Å². The van der Waals surface area contributed by atoms with Crippen LogP contribution in [0.3, 0.4) is 0 Å². The summed E-state index contributed by atoms with van der Waals surface area (Å²) < 4.78 is 2.23. The van der Waals surface area contributed by atoms with Gasteiger partial charge in [0.15, 0.2) is 0 Å². The lowest BCUT2D eigenvalue weighted by Gasteiger charge is -2.19. The van der Waals surface area contributed by atoms with E-state index >= 15 is 0 Å². The first-order chi connectivity index (χ1) is 14.6. The van der Waals surface area contributed by atoms with Crippen LogP contribution in [0.5, 0.6) is 0 Å². The van der Waals surface area contributed by atoms with E-state index in [0.717, 1.165) is 60.9 Å². The van der Waals surface area contributed by atoms with E-state index in [1.165, 1.54) is 5.56 Å². The van der Waals surface area contributed by atoms with E-state index in [-0.39, 0.29) is 5.91 Å². The standard InChI is InChI=1S/C24H29N5O/c1-18-8-9-21(19(2)16-18)24(30)25-12-10-22-26-27-23-11-13-28(14-15-29(22)23)17-20-6-4-3-5-7-20/h3-9,16H,10-15,17H2,1-2H3,(H,25,30). The number of hydrogen-bond acceptors (Lipinski definition) is 4. The largest absolute Gasteiger partial charge is 0.352 e. The van der Waals surface area contributed by atoms with Crippen LogP contribution < -0.4 is 5.32 Å². The highest BCUT2D eigenvalue weighted by Gasteiger charge is 2.19. The number of carbonyl (C=O) groups is 1. The van der Waals surface area contributed by atoms with Gasteiger partial charge in [0.05, 0.1) is 0 Å². The predicted octanol–water partition coefficient (Wildman–Crippen LogP) is 2.93. The van der Waals surface area contributed by atoms with Crippen molar-refractivity contribution in [3.05, 3.63) is 82.4 Å². The molecule has 0 atom stereocenters. The van der Waals surface area contributed by atoms with Crippen LogP contribution >= 0.6 is 0 Å². The molecule has 2 aromatic carbocycles. The summed E-state index contributed by atoms with van der Waals surface area (Å²) in [5, 5.41) is 11.8. The molecule has 3 aromatic rings. The number of fused-ring (bicyclic) bond motifs is 1. The Hall–Kier alpha value is -2.99. The molecule has 0 unspecified atom stereocenters. The highest BCUT2D eigenvalue weighted by atomic mass is 16.1. The molecule has 0 spiro atoms. The summed E-state index contributed by atoms with van der Waals surface area (Å²) in [5.41, 5.74) is 4.24. The smallest absolute Gasteiger partial charge is 0.251 e. The van der Waals surface area contributed by atoms with Gasteiger partial charge in [-0.15, -0.1) is 10.2 Å². The van der Waals surface area contributed by atoms with Gasteiger partial charge in [0.25, 0.3) is 5.91 Å². The molecule has 2 heterocycles. The lowest BCUT2D eigenvalue weighted by atomic mass is 10.1. The Bertz CT molecular complexity index is 1010. The predicted molar refractivity (Wildman–Crippen MR) is 117 cm³/mol. The zero-order valence-corrected chi connectivity index (χ0v) is 17.8. The van der Waals surface area contributed by atoms with Gasteiger partial charge in [0, 0.05) is 51.1 Å². The number of hydrogen-bond donors (Lipinski definition) is 1. The Labute approximate surface area is 177 Å². The molecule has 6 heteroatoms. The van der Waals surface area contributed by atoms with Crippen LogP contribution in [0, 0.1) is 13.8 Å². The fourth-order valence-corrected chi connectivity index (χ4v) is 4.06. The summed E-state index contributed by atoms with van der Waals surface area (Å²) in [4.78, 5) is 15.0. The molecule has 156 valence electrons. The van der Waals surface area contributed by atoms with Gasteiger partial charge in [-0.25, -0.2) is 0 Å². The van der Waals surface area contributed by atoms with E-state index in [0.29, 0.717) is 13.0 Å². The molecular weight excluding hydrogens is 374 g/mol. The first-order valence-electron chi connectivity index (χ1n) is 10.6. The van der Waals surface area contributed by atoms with Crippen LogP contribution in [-0.2, 0) is 25.9 Å². The summed E-state index contributed by atoms with van der Waals surface area (Å²) in [5.74, 6) is 1.96. The monoisotopic (exact) mass is 403 g/mol. The maximum atomic E-state index is 12.5. The lowest BCUT2D eigenvalue weighted by Crippen LogP contribution is -2.28. The quantitative estimate of drug-likeness (QED) is 0.687. The third-order valence-electron chi connectivity index (χ3n) is 5.71. The van der Waals surface area contributed by atoms with Gasteiger partial charge in [0.1, 0.15) is 11.6 Å². The van der Waals surface area contributed by atoms with Crippen molar-refractivity contribution in [2.24, 2.45) is 0 Å². The van der Waals surface area contributed by atoms with Crippen molar-refractivity contribution in [1.29, 1.82) is 0 Å². The molecule has 0 saturated carbocycles. The number of nitrogens with zero attached hydrogens (tertiary/aromatic N) is 4. The summed E-state index contributed by atoms with van der Waals surface area (Å²) in [6.07, 6.45) is 1.58. The number of benzene rings is 2. The van der Waals surface area contributed by atoms with Crippen molar-refractivity contribution in [1.82, 2.24) is 25.0 Å². The topological polar surface area (TPSA) is 63.1 Å². The van der Waals surface area contributed by atoms with Crippen LogP contribution in [0.2, 0.25) is 0 Å². The Balaban J connectivity index is 1.32. The number of rotatable bonds is 6. The van der Waals surface area contributed by atoms with Crippen LogP contribution in [0.1, 0.15) is 38.7 Å². The molecule has 0 fully saturated rings. The molecule has 0 bridgehead atoms. The SMILES string of the molecule is Cc1ccc(C(=O)NCCc2nnc3n2CCN(Cc2ccccc2)CC3)c(C)c1. The van der Waals surface area contributed by atoms with Crippen molar-refractivity contribution in [3.8, 4) is 0 Å². The minimum atomic E-state index is -0.0304. The van der Waals surface area contributed by atoms with Gasteiger partial charge >= 0.3 is 0 Å². The van der Waals surface area contributed by atoms with E-state index in [2.05, 4.69) is 55.3 Å². The lowest BCUT2D eigenvalue weighted by molar-refractivity contribution is 0.0953. The third-order valence-corrected chi connectivity index (χ3v) is 5.71. The number of carbonyl (C=O) groups excluding carboxylic acids is 1. The first-order valence-corrected chi connectivity index (χ1v) is 10.6. The summed E-state index contributed by atoms with van der Waals surface area (Å²) in [6.45, 7) is 8.36. The first kappa shape index (κ1) is 20.3. The fourth-order valence-electron chi connectivity index (χ4n) is 4.06. The minimum Gasteiger partial charge on any atom is -0.352 e. The molecule has 0 radical (unpaired) electrons. The molecule has 4 rings (SSSR count). The molecule has 1 amide bonds. The zero-order valence-electron chi connectivity index (χ0n) is 17.8. The molecule has 30 heavy (non-hydrogen) atoms. The number of aryl methyl sites for hydroxylation is 2. The van der Waals surface area contributed by atoms with E-state index < -0.39 is 0 Å². The van der Waals surface area contributed by atoms with Gasteiger partial charge in [-0.05, 0) is 31.0 Å². The summed E-state index contributed by atoms with van der Waals surface area (Å²) >= 11 is 0. The van der Waals surface area contributed by atoms with Gasteiger partial charge < -0.3 is 9.88 Å². The zero-order chi connectivity index (χ0) is 20.9. The maximum absolute atomic E-state index is 12.5.